The molecule has 27 heavy (non-hydrogen) atoms. The summed E-state index contributed by atoms with van der Waals surface area (Å²) in [5.74, 6) is 0.0169. The number of alkyl carbamates (subject to hydrolysis) is 1. The molecular weight excluding hydrogens is 344 g/mol. The molecule has 7 nitrogen and oxygen atoms in total. The van der Waals surface area contributed by atoms with Crippen LogP contribution in [0.15, 0.2) is 60.9 Å². The Morgan fingerprint density at radius 2 is 1.81 bits per heavy atom. The van der Waals surface area contributed by atoms with Crippen LogP contribution in [0.4, 0.5) is 4.79 Å². The molecule has 1 unspecified atom stereocenters. The van der Waals surface area contributed by atoms with Gasteiger partial charge >= 0.3 is 6.09 Å². The van der Waals surface area contributed by atoms with Crippen molar-refractivity contribution in [1.82, 2.24) is 20.3 Å². The number of aliphatic hydroxyl groups excluding tert-OH is 1. The lowest BCUT2D eigenvalue weighted by molar-refractivity contribution is 0.120. The van der Waals surface area contributed by atoms with Gasteiger partial charge in [-0.15, -0.1) is 5.10 Å². The van der Waals surface area contributed by atoms with Gasteiger partial charge in [-0.3, -0.25) is 0 Å². The molecule has 0 radical (unpaired) electrons. The first-order chi connectivity index (χ1) is 13.2. The molecular formula is C20H20N4O3. The fourth-order valence-corrected chi connectivity index (χ4v) is 3.46. The molecule has 4 rings (SSSR count). The Balaban J connectivity index is 1.34. The molecule has 1 heterocycles. The zero-order valence-electron chi connectivity index (χ0n) is 14.7. The molecule has 0 fully saturated rings. The van der Waals surface area contributed by atoms with E-state index < -0.39 is 12.2 Å². The van der Waals surface area contributed by atoms with Crippen molar-refractivity contribution in [3.63, 3.8) is 0 Å². The van der Waals surface area contributed by atoms with E-state index in [4.69, 9.17) is 4.74 Å². The zero-order chi connectivity index (χ0) is 18.6. The number of hydrogen-bond donors (Lipinski definition) is 2. The molecule has 0 saturated heterocycles. The number of aromatic nitrogens is 3. The average Bonchev–Trinajstić information content (AvgIpc) is 3.31. The van der Waals surface area contributed by atoms with Crippen molar-refractivity contribution in [3.05, 3.63) is 72.1 Å². The van der Waals surface area contributed by atoms with E-state index in [0.29, 0.717) is 0 Å². The maximum Gasteiger partial charge on any atom is 0.407 e. The van der Waals surface area contributed by atoms with Crippen molar-refractivity contribution in [2.45, 2.75) is 18.6 Å². The molecule has 2 N–H and O–H groups in total. The largest absolute Gasteiger partial charge is 0.449 e. The monoisotopic (exact) mass is 364 g/mol. The van der Waals surface area contributed by atoms with Crippen molar-refractivity contribution in [1.29, 1.82) is 0 Å². The molecule has 1 amide bonds. The van der Waals surface area contributed by atoms with E-state index in [1.54, 1.807) is 6.20 Å². The van der Waals surface area contributed by atoms with Gasteiger partial charge in [0.2, 0.25) is 0 Å². The number of nitrogens with zero attached hydrogens (tertiary/aromatic N) is 3. The molecule has 7 heteroatoms. The minimum Gasteiger partial charge on any atom is -0.449 e. The maximum absolute atomic E-state index is 12.1. The highest BCUT2D eigenvalue weighted by molar-refractivity contribution is 5.79. The van der Waals surface area contributed by atoms with Crippen molar-refractivity contribution in [2.24, 2.45) is 0 Å². The fraction of sp³-hybridized carbons (Fsp3) is 0.250. The first-order valence-electron chi connectivity index (χ1n) is 8.83. The first-order valence-corrected chi connectivity index (χ1v) is 8.83. The lowest BCUT2D eigenvalue weighted by atomic mass is 9.98. The van der Waals surface area contributed by atoms with Crippen LogP contribution in [0.25, 0.3) is 11.1 Å². The summed E-state index contributed by atoms with van der Waals surface area (Å²) in [7, 11) is 0. The predicted molar refractivity (Wildman–Crippen MR) is 99.1 cm³/mol. The smallest absolute Gasteiger partial charge is 0.407 e. The maximum atomic E-state index is 12.1. The number of aliphatic hydroxyl groups is 1. The highest BCUT2D eigenvalue weighted by atomic mass is 16.5. The van der Waals surface area contributed by atoms with Crippen LogP contribution in [-0.2, 0) is 11.3 Å². The Kier molecular flexibility index (Phi) is 4.84. The number of fused-ring (bicyclic) bond motifs is 3. The SMILES string of the molecule is O=C(NCC(O)Cn1ccnn1)OCC1c2ccccc2-c2ccccc21. The van der Waals surface area contributed by atoms with Crippen LogP contribution < -0.4 is 5.32 Å². The highest BCUT2D eigenvalue weighted by Gasteiger charge is 2.28. The number of carbonyl (C=O) groups excluding carboxylic acids is 1. The first kappa shape index (κ1) is 17.2. The highest BCUT2D eigenvalue weighted by Crippen LogP contribution is 2.44. The van der Waals surface area contributed by atoms with E-state index in [-0.39, 0.29) is 25.6 Å². The molecule has 0 bridgehead atoms. The number of rotatable bonds is 6. The lowest BCUT2D eigenvalue weighted by Crippen LogP contribution is -2.35. The van der Waals surface area contributed by atoms with E-state index in [2.05, 4.69) is 39.9 Å². The second-order valence-corrected chi connectivity index (χ2v) is 6.49. The fourth-order valence-electron chi connectivity index (χ4n) is 3.46. The third-order valence-electron chi connectivity index (χ3n) is 4.70. The number of hydrogen-bond acceptors (Lipinski definition) is 5. The Morgan fingerprint density at radius 1 is 1.15 bits per heavy atom. The topological polar surface area (TPSA) is 89.3 Å². The van der Waals surface area contributed by atoms with Crippen molar-refractivity contribution >= 4 is 6.09 Å². The van der Waals surface area contributed by atoms with Gasteiger partial charge in [-0.25, -0.2) is 9.48 Å². The van der Waals surface area contributed by atoms with Gasteiger partial charge in [0.05, 0.1) is 18.8 Å². The van der Waals surface area contributed by atoms with Gasteiger partial charge in [-0.05, 0) is 22.3 Å². The number of nitrogens with one attached hydrogen (secondary N) is 1. The van der Waals surface area contributed by atoms with E-state index >= 15 is 0 Å². The number of carbonyl (C=O) groups is 1. The molecule has 1 atom stereocenters. The second kappa shape index (κ2) is 7.59. The Labute approximate surface area is 156 Å². The Hall–Kier alpha value is -3.19. The zero-order valence-corrected chi connectivity index (χ0v) is 14.7. The van der Waals surface area contributed by atoms with Gasteiger partial charge in [0.25, 0.3) is 0 Å². The molecule has 138 valence electrons. The van der Waals surface area contributed by atoms with Gasteiger partial charge in [0.1, 0.15) is 6.61 Å². The van der Waals surface area contributed by atoms with Crippen LogP contribution in [-0.4, -0.2) is 45.4 Å². The van der Waals surface area contributed by atoms with Crippen LogP contribution in [0.5, 0.6) is 0 Å². The second-order valence-electron chi connectivity index (χ2n) is 6.49. The third kappa shape index (κ3) is 3.68. The minimum atomic E-state index is -0.771. The normalized spacial score (nSPS) is 13.7. The summed E-state index contributed by atoms with van der Waals surface area (Å²) in [6.07, 6.45) is 1.86. The summed E-state index contributed by atoms with van der Waals surface area (Å²) in [6, 6.07) is 16.4. The predicted octanol–water partition coefficient (Wildman–Crippen LogP) is 2.18. The lowest BCUT2D eigenvalue weighted by Gasteiger charge is -2.15. The standard InChI is InChI=1S/C20H20N4O3/c25-14(12-24-10-9-22-23-24)11-21-20(26)27-13-19-17-7-3-1-5-15(17)16-6-2-4-8-18(16)19/h1-10,14,19,25H,11-13H2,(H,21,26). The van der Waals surface area contributed by atoms with Crippen LogP contribution in [0.2, 0.25) is 0 Å². The summed E-state index contributed by atoms with van der Waals surface area (Å²) in [5.41, 5.74) is 4.70. The Bertz CT molecular complexity index is 881. The van der Waals surface area contributed by atoms with E-state index in [1.165, 1.54) is 22.0 Å². The molecule has 0 spiro atoms. The van der Waals surface area contributed by atoms with Crippen molar-refractivity contribution < 1.29 is 14.6 Å². The van der Waals surface area contributed by atoms with E-state index in [9.17, 15) is 9.90 Å². The van der Waals surface area contributed by atoms with Crippen molar-refractivity contribution in [2.75, 3.05) is 13.2 Å². The van der Waals surface area contributed by atoms with Crippen LogP contribution >= 0.6 is 0 Å². The summed E-state index contributed by atoms with van der Waals surface area (Å²) in [5, 5.41) is 20.0. The number of ether oxygens (including phenoxy) is 1. The molecule has 2 aromatic carbocycles. The quantitative estimate of drug-likeness (QED) is 0.700. The molecule has 1 aromatic heterocycles. The average molecular weight is 364 g/mol. The van der Waals surface area contributed by atoms with Gasteiger partial charge in [-0.1, -0.05) is 53.7 Å². The van der Waals surface area contributed by atoms with E-state index in [1.807, 2.05) is 24.3 Å². The van der Waals surface area contributed by atoms with Crippen molar-refractivity contribution in [3.8, 4) is 11.1 Å². The van der Waals surface area contributed by atoms with Gasteiger partial charge in [-0.2, -0.15) is 0 Å². The van der Waals surface area contributed by atoms with Crippen LogP contribution in [0.3, 0.4) is 0 Å². The molecule has 1 aliphatic carbocycles. The summed E-state index contributed by atoms with van der Waals surface area (Å²) in [4.78, 5) is 12.1. The Morgan fingerprint density at radius 3 is 2.44 bits per heavy atom. The van der Waals surface area contributed by atoms with Crippen LogP contribution in [0.1, 0.15) is 17.0 Å². The van der Waals surface area contributed by atoms with Crippen LogP contribution in [0, 0.1) is 0 Å². The van der Waals surface area contributed by atoms with E-state index in [0.717, 1.165) is 11.1 Å². The molecule has 0 aliphatic heterocycles. The molecule has 0 saturated carbocycles. The summed E-state index contributed by atoms with van der Waals surface area (Å²) in [6.45, 7) is 0.583. The van der Waals surface area contributed by atoms with Gasteiger partial charge < -0.3 is 15.2 Å². The summed E-state index contributed by atoms with van der Waals surface area (Å²) >= 11 is 0. The van der Waals surface area contributed by atoms with Gasteiger partial charge in [0.15, 0.2) is 0 Å². The third-order valence-corrected chi connectivity index (χ3v) is 4.70. The number of amides is 1. The van der Waals surface area contributed by atoms with Gasteiger partial charge in [0, 0.05) is 18.7 Å². The molecule has 1 aliphatic rings. The number of benzene rings is 2. The molecule has 3 aromatic rings. The summed E-state index contributed by atoms with van der Waals surface area (Å²) < 4.78 is 6.93. The minimum absolute atomic E-state index is 0.0169.